The Kier molecular flexibility index (Phi) is 2.88. The topological polar surface area (TPSA) is 29.5 Å². The van der Waals surface area contributed by atoms with E-state index < -0.39 is 0 Å². The van der Waals surface area contributed by atoms with Gasteiger partial charge in [0.25, 0.3) is 0 Å². The Morgan fingerprint density at radius 1 is 1.64 bits per heavy atom. The van der Waals surface area contributed by atoms with Gasteiger partial charge in [0.1, 0.15) is 6.61 Å². The van der Waals surface area contributed by atoms with E-state index in [0.717, 1.165) is 19.0 Å². The SMILES string of the molecule is CCC1CN(C(=O)COC)C1. The van der Waals surface area contributed by atoms with Gasteiger partial charge in [-0.25, -0.2) is 0 Å². The predicted molar refractivity (Wildman–Crippen MR) is 42.2 cm³/mol. The zero-order valence-corrected chi connectivity index (χ0v) is 7.17. The number of ether oxygens (including phenoxy) is 1. The first-order chi connectivity index (χ1) is 5.27. The van der Waals surface area contributed by atoms with Gasteiger partial charge in [0.2, 0.25) is 5.91 Å². The highest BCUT2D eigenvalue weighted by Gasteiger charge is 2.28. The first-order valence-electron chi connectivity index (χ1n) is 4.04. The van der Waals surface area contributed by atoms with E-state index in [1.807, 2.05) is 4.90 Å². The molecule has 0 aromatic heterocycles. The van der Waals surface area contributed by atoms with Crippen molar-refractivity contribution < 1.29 is 9.53 Å². The summed E-state index contributed by atoms with van der Waals surface area (Å²) in [5.41, 5.74) is 0. The molecule has 0 saturated carbocycles. The van der Waals surface area contributed by atoms with Gasteiger partial charge in [-0.05, 0) is 12.3 Å². The van der Waals surface area contributed by atoms with E-state index in [2.05, 4.69) is 6.92 Å². The average molecular weight is 157 g/mol. The van der Waals surface area contributed by atoms with Gasteiger partial charge in [-0.2, -0.15) is 0 Å². The summed E-state index contributed by atoms with van der Waals surface area (Å²) in [6, 6.07) is 0. The molecule has 0 spiro atoms. The van der Waals surface area contributed by atoms with Crippen LogP contribution in [0.2, 0.25) is 0 Å². The number of hydrogen-bond donors (Lipinski definition) is 0. The summed E-state index contributed by atoms with van der Waals surface area (Å²) in [5.74, 6) is 0.855. The van der Waals surface area contributed by atoms with E-state index in [9.17, 15) is 4.79 Å². The average Bonchev–Trinajstić information content (AvgIpc) is 1.86. The molecule has 0 aliphatic carbocycles. The first-order valence-corrected chi connectivity index (χ1v) is 4.04. The Morgan fingerprint density at radius 3 is 2.73 bits per heavy atom. The van der Waals surface area contributed by atoms with E-state index in [1.165, 1.54) is 6.42 Å². The number of nitrogens with zero attached hydrogens (tertiary/aromatic N) is 1. The highest BCUT2D eigenvalue weighted by Crippen LogP contribution is 2.17. The van der Waals surface area contributed by atoms with Gasteiger partial charge in [-0.15, -0.1) is 0 Å². The van der Waals surface area contributed by atoms with Gasteiger partial charge < -0.3 is 9.64 Å². The molecule has 0 aromatic carbocycles. The summed E-state index contributed by atoms with van der Waals surface area (Å²) in [6.45, 7) is 4.25. The number of amides is 1. The van der Waals surface area contributed by atoms with Crippen molar-refractivity contribution in [1.82, 2.24) is 4.90 Å². The lowest BCUT2D eigenvalue weighted by Crippen LogP contribution is -2.50. The second-order valence-electron chi connectivity index (χ2n) is 3.01. The number of rotatable bonds is 3. The third-order valence-corrected chi connectivity index (χ3v) is 2.16. The molecule has 1 heterocycles. The molecule has 1 aliphatic heterocycles. The maximum absolute atomic E-state index is 11.1. The van der Waals surface area contributed by atoms with Crippen molar-refractivity contribution in [3.05, 3.63) is 0 Å². The first kappa shape index (κ1) is 8.53. The van der Waals surface area contributed by atoms with Crippen LogP contribution >= 0.6 is 0 Å². The van der Waals surface area contributed by atoms with Crippen LogP contribution in [-0.4, -0.2) is 37.6 Å². The van der Waals surface area contributed by atoms with E-state index in [0.29, 0.717) is 0 Å². The Bertz CT molecular complexity index is 141. The molecule has 1 saturated heterocycles. The third-order valence-electron chi connectivity index (χ3n) is 2.16. The maximum Gasteiger partial charge on any atom is 0.248 e. The lowest BCUT2D eigenvalue weighted by atomic mass is 9.97. The zero-order valence-electron chi connectivity index (χ0n) is 7.17. The summed E-state index contributed by atoms with van der Waals surface area (Å²) < 4.78 is 4.74. The number of carbonyl (C=O) groups excluding carboxylic acids is 1. The van der Waals surface area contributed by atoms with E-state index in [4.69, 9.17) is 4.74 Å². The Hall–Kier alpha value is -0.570. The van der Waals surface area contributed by atoms with Gasteiger partial charge >= 0.3 is 0 Å². The van der Waals surface area contributed by atoms with Crippen LogP contribution in [0.5, 0.6) is 0 Å². The summed E-state index contributed by atoms with van der Waals surface area (Å²) in [4.78, 5) is 12.9. The molecular weight excluding hydrogens is 142 g/mol. The molecule has 11 heavy (non-hydrogen) atoms. The molecule has 0 radical (unpaired) electrons. The van der Waals surface area contributed by atoms with Crippen LogP contribution in [0.4, 0.5) is 0 Å². The molecule has 1 fully saturated rings. The van der Waals surface area contributed by atoms with Crippen molar-refractivity contribution in [2.75, 3.05) is 26.8 Å². The fraction of sp³-hybridized carbons (Fsp3) is 0.875. The summed E-state index contributed by atoms with van der Waals surface area (Å²) >= 11 is 0. The lowest BCUT2D eigenvalue weighted by molar-refractivity contribution is -0.141. The Labute approximate surface area is 67.3 Å². The monoisotopic (exact) mass is 157 g/mol. The van der Waals surface area contributed by atoms with Crippen LogP contribution in [0.3, 0.4) is 0 Å². The second kappa shape index (κ2) is 3.72. The minimum absolute atomic E-state index is 0.122. The van der Waals surface area contributed by atoms with Crippen LogP contribution in [0.15, 0.2) is 0 Å². The normalized spacial score (nSPS) is 18.2. The zero-order chi connectivity index (χ0) is 8.27. The van der Waals surface area contributed by atoms with E-state index in [1.54, 1.807) is 7.11 Å². The van der Waals surface area contributed by atoms with Crippen LogP contribution in [-0.2, 0) is 9.53 Å². The molecule has 3 nitrogen and oxygen atoms in total. The molecular formula is C8H15NO2. The van der Waals surface area contributed by atoms with Crippen LogP contribution in [0.25, 0.3) is 0 Å². The molecule has 0 bridgehead atoms. The van der Waals surface area contributed by atoms with Crippen molar-refractivity contribution >= 4 is 5.91 Å². The summed E-state index contributed by atoms with van der Waals surface area (Å²) in [5, 5.41) is 0. The van der Waals surface area contributed by atoms with Crippen molar-refractivity contribution in [3.63, 3.8) is 0 Å². The van der Waals surface area contributed by atoms with E-state index >= 15 is 0 Å². The molecule has 3 heteroatoms. The fourth-order valence-electron chi connectivity index (χ4n) is 1.25. The third kappa shape index (κ3) is 1.93. The Balaban J connectivity index is 2.16. The van der Waals surface area contributed by atoms with Crippen molar-refractivity contribution in [3.8, 4) is 0 Å². The Morgan fingerprint density at radius 2 is 2.27 bits per heavy atom. The molecule has 1 amide bonds. The van der Waals surface area contributed by atoms with Gasteiger partial charge in [0.15, 0.2) is 0 Å². The van der Waals surface area contributed by atoms with Gasteiger partial charge in [0.05, 0.1) is 0 Å². The van der Waals surface area contributed by atoms with Crippen LogP contribution < -0.4 is 0 Å². The molecule has 0 aromatic rings. The number of methoxy groups -OCH3 is 1. The number of hydrogen-bond acceptors (Lipinski definition) is 2. The molecule has 64 valence electrons. The van der Waals surface area contributed by atoms with E-state index in [-0.39, 0.29) is 12.5 Å². The van der Waals surface area contributed by atoms with Gasteiger partial charge in [0, 0.05) is 20.2 Å². The van der Waals surface area contributed by atoms with Crippen LogP contribution in [0, 0.1) is 5.92 Å². The largest absolute Gasteiger partial charge is 0.375 e. The maximum atomic E-state index is 11.1. The second-order valence-corrected chi connectivity index (χ2v) is 3.01. The lowest BCUT2D eigenvalue weighted by Gasteiger charge is -2.38. The van der Waals surface area contributed by atoms with Crippen molar-refractivity contribution in [2.24, 2.45) is 5.92 Å². The summed E-state index contributed by atoms with van der Waals surface area (Å²) in [6.07, 6.45) is 1.18. The highest BCUT2D eigenvalue weighted by atomic mass is 16.5. The smallest absolute Gasteiger partial charge is 0.248 e. The number of carbonyl (C=O) groups is 1. The molecule has 0 N–H and O–H groups in total. The van der Waals surface area contributed by atoms with Crippen molar-refractivity contribution in [2.45, 2.75) is 13.3 Å². The van der Waals surface area contributed by atoms with Crippen LogP contribution in [0.1, 0.15) is 13.3 Å². The van der Waals surface area contributed by atoms with Gasteiger partial charge in [-0.1, -0.05) is 6.92 Å². The fourth-order valence-corrected chi connectivity index (χ4v) is 1.25. The molecule has 1 rings (SSSR count). The van der Waals surface area contributed by atoms with Crippen molar-refractivity contribution in [1.29, 1.82) is 0 Å². The number of likely N-dealkylation sites (tertiary alicyclic amines) is 1. The minimum atomic E-state index is 0.122. The summed E-state index contributed by atoms with van der Waals surface area (Å²) in [7, 11) is 1.55. The quantitative estimate of drug-likeness (QED) is 0.597. The standard InChI is InChI=1S/C8H15NO2/c1-3-7-4-9(5-7)8(10)6-11-2/h7H,3-6H2,1-2H3. The highest BCUT2D eigenvalue weighted by molar-refractivity contribution is 5.78. The van der Waals surface area contributed by atoms with Gasteiger partial charge in [-0.3, -0.25) is 4.79 Å². The minimum Gasteiger partial charge on any atom is -0.375 e. The molecule has 0 unspecified atom stereocenters. The molecule has 1 aliphatic rings. The predicted octanol–water partition coefficient (Wildman–Crippen LogP) is 0.501. The molecule has 0 atom stereocenters.